The molecule has 1 aliphatic heterocycles. The van der Waals surface area contributed by atoms with Crippen molar-refractivity contribution in [1.29, 1.82) is 0 Å². The van der Waals surface area contributed by atoms with E-state index < -0.39 is 0 Å². The molecule has 11 aromatic carbocycles. The minimum Gasteiger partial charge on any atom is -0.333 e. The fourth-order valence-corrected chi connectivity index (χ4v) is 11.9. The molecule has 2 unspecified atom stereocenters. The fraction of sp³-hybridized carbons (Fsp3) is 0.0290. The van der Waals surface area contributed by atoms with Gasteiger partial charge in [-0.25, -0.2) is 4.98 Å². The molecule has 15 rings (SSSR count). The fourth-order valence-electron chi connectivity index (χ4n) is 11.9. The number of para-hydroxylation sites is 1. The molecule has 2 aromatic heterocycles. The van der Waals surface area contributed by atoms with Gasteiger partial charge in [0.1, 0.15) is 0 Å². The van der Waals surface area contributed by atoms with E-state index in [2.05, 4.69) is 234 Å². The third-order valence-electron chi connectivity index (χ3n) is 15.3. The molecule has 0 saturated carbocycles. The Morgan fingerprint density at radius 1 is 0.338 bits per heavy atom. The lowest BCUT2D eigenvalue weighted by Gasteiger charge is -2.29. The highest BCUT2D eigenvalue weighted by molar-refractivity contribution is 6.25. The quantitative estimate of drug-likeness (QED) is 0.149. The first-order valence-electron chi connectivity index (χ1n) is 25.4. The molecule has 5 nitrogen and oxygen atoms in total. The van der Waals surface area contributed by atoms with E-state index >= 15 is 0 Å². The summed E-state index contributed by atoms with van der Waals surface area (Å²) in [5.41, 5.74) is 14.8. The minimum atomic E-state index is 0.107. The summed E-state index contributed by atoms with van der Waals surface area (Å²) in [7, 11) is 0. The van der Waals surface area contributed by atoms with E-state index in [0.717, 1.165) is 44.1 Å². The predicted molar refractivity (Wildman–Crippen MR) is 307 cm³/mol. The van der Waals surface area contributed by atoms with Crippen molar-refractivity contribution >= 4 is 71.1 Å². The first-order chi connectivity index (χ1) is 36.7. The second kappa shape index (κ2) is 17.0. The zero-order chi connectivity index (χ0) is 48.7. The first kappa shape index (κ1) is 42.0. The summed E-state index contributed by atoms with van der Waals surface area (Å²) in [6.07, 6.45) is 7.26. The van der Waals surface area contributed by atoms with Crippen LogP contribution in [0.5, 0.6) is 0 Å². The monoisotopic (exact) mass is 943 g/mol. The molecule has 0 fully saturated rings. The molecule has 0 amide bonds. The summed E-state index contributed by atoms with van der Waals surface area (Å²) in [6.45, 7) is 0. The highest BCUT2D eigenvalue weighted by atomic mass is 15.2. The molecule has 5 heteroatoms. The third-order valence-corrected chi connectivity index (χ3v) is 15.3. The Hall–Kier alpha value is -9.71. The van der Waals surface area contributed by atoms with E-state index in [-0.39, 0.29) is 12.0 Å². The maximum absolute atomic E-state index is 5.24. The van der Waals surface area contributed by atoms with Crippen molar-refractivity contribution in [2.24, 2.45) is 0 Å². The predicted octanol–water partition coefficient (Wildman–Crippen LogP) is 17.4. The van der Waals surface area contributed by atoms with Gasteiger partial charge in [0.15, 0.2) is 11.6 Å². The Kier molecular flexibility index (Phi) is 9.64. The van der Waals surface area contributed by atoms with Crippen molar-refractivity contribution in [1.82, 2.24) is 19.5 Å². The van der Waals surface area contributed by atoms with Gasteiger partial charge in [0, 0.05) is 39.2 Å². The molecule has 3 heterocycles. The molecule has 74 heavy (non-hydrogen) atoms. The molecular formula is C69H45N5. The number of rotatable bonds is 7. The SMILES string of the molecule is C1=CC2C(C=C1c1ccc3c(c1)c1cc(-c4ccccc4)ccc1n3-c1nc(-c3ccccc3)nc(-c3ccccc3)n1)c1cc(-c3ccc4c5ccccc5c5ccccc5c4c3)ccc1N2c1ccccc1. The van der Waals surface area contributed by atoms with Crippen LogP contribution in [0.3, 0.4) is 0 Å². The Bertz CT molecular complexity index is 4330. The molecule has 2 aliphatic rings. The Morgan fingerprint density at radius 3 is 1.42 bits per heavy atom. The maximum atomic E-state index is 5.24. The van der Waals surface area contributed by atoms with Gasteiger partial charge in [-0.15, -0.1) is 0 Å². The summed E-state index contributed by atoms with van der Waals surface area (Å²) in [5, 5.41) is 9.97. The van der Waals surface area contributed by atoms with E-state index in [1.165, 1.54) is 71.5 Å². The van der Waals surface area contributed by atoms with E-state index in [1.54, 1.807) is 0 Å². The number of allylic oxidation sites excluding steroid dienone is 2. The number of benzene rings is 11. The van der Waals surface area contributed by atoms with Gasteiger partial charge in [0.25, 0.3) is 0 Å². The lowest BCUT2D eigenvalue weighted by molar-refractivity contribution is 0.747. The maximum Gasteiger partial charge on any atom is 0.238 e. The van der Waals surface area contributed by atoms with Gasteiger partial charge in [-0.1, -0.05) is 206 Å². The molecule has 0 bridgehead atoms. The van der Waals surface area contributed by atoms with Gasteiger partial charge in [-0.2, -0.15) is 9.97 Å². The van der Waals surface area contributed by atoms with Crippen LogP contribution in [0, 0.1) is 0 Å². The smallest absolute Gasteiger partial charge is 0.238 e. The van der Waals surface area contributed by atoms with Gasteiger partial charge in [0.05, 0.1) is 17.1 Å². The second-order valence-electron chi connectivity index (χ2n) is 19.5. The van der Waals surface area contributed by atoms with Crippen LogP contribution in [0.25, 0.3) is 111 Å². The summed E-state index contributed by atoms with van der Waals surface area (Å²) in [5.74, 6) is 1.93. The van der Waals surface area contributed by atoms with Crippen LogP contribution in [0.4, 0.5) is 11.4 Å². The largest absolute Gasteiger partial charge is 0.333 e. The summed E-state index contributed by atoms with van der Waals surface area (Å²) >= 11 is 0. The van der Waals surface area contributed by atoms with E-state index in [9.17, 15) is 0 Å². The number of anilines is 2. The molecule has 1 aliphatic carbocycles. The molecule has 346 valence electrons. The average Bonchev–Trinajstić information content (AvgIpc) is 4.01. The Morgan fingerprint density at radius 2 is 0.797 bits per heavy atom. The number of nitrogens with zero attached hydrogens (tertiary/aromatic N) is 5. The molecule has 0 spiro atoms. The molecule has 0 saturated heterocycles. The van der Waals surface area contributed by atoms with Crippen molar-refractivity contribution < 1.29 is 0 Å². The van der Waals surface area contributed by atoms with Crippen LogP contribution in [-0.4, -0.2) is 25.6 Å². The number of hydrogen-bond acceptors (Lipinski definition) is 4. The standard InChI is InChI=1S/C69H45N5/c1-5-17-44(18-6-1)47-30-37-65-61(40-47)62-43-51(33-38-66(62)74(65)69-71-67(45-19-7-2-8-20-45)70-68(72-69)46-21-9-3-10-22-46)50-32-36-64-60(42-50)59-41-49(31-35-63(59)73(64)52-23-11-4-12-24-52)48-29-34-57-55-27-14-13-25-53(55)54-26-15-16-28-56(54)58(57)39-48/h1-43,60,64H. The van der Waals surface area contributed by atoms with Crippen LogP contribution in [0.2, 0.25) is 0 Å². The first-order valence-corrected chi connectivity index (χ1v) is 25.4. The van der Waals surface area contributed by atoms with Crippen molar-refractivity contribution in [3.8, 4) is 51.0 Å². The van der Waals surface area contributed by atoms with Crippen molar-refractivity contribution in [3.63, 3.8) is 0 Å². The van der Waals surface area contributed by atoms with Crippen LogP contribution >= 0.6 is 0 Å². The minimum absolute atomic E-state index is 0.107. The molecule has 13 aromatic rings. The van der Waals surface area contributed by atoms with E-state index in [1.807, 2.05) is 36.4 Å². The van der Waals surface area contributed by atoms with Gasteiger partial charge in [0.2, 0.25) is 5.95 Å². The van der Waals surface area contributed by atoms with Gasteiger partial charge in [-0.05, 0) is 126 Å². The van der Waals surface area contributed by atoms with Crippen LogP contribution < -0.4 is 4.90 Å². The van der Waals surface area contributed by atoms with Crippen molar-refractivity contribution in [2.45, 2.75) is 12.0 Å². The van der Waals surface area contributed by atoms with Gasteiger partial charge >= 0.3 is 0 Å². The van der Waals surface area contributed by atoms with Crippen LogP contribution in [0.15, 0.2) is 261 Å². The van der Waals surface area contributed by atoms with E-state index in [0.29, 0.717) is 17.6 Å². The Balaban J connectivity index is 0.890. The third kappa shape index (κ3) is 6.82. The topological polar surface area (TPSA) is 46.8 Å². The summed E-state index contributed by atoms with van der Waals surface area (Å²) in [4.78, 5) is 18.0. The molecule has 0 radical (unpaired) electrons. The zero-order valence-corrected chi connectivity index (χ0v) is 40.2. The number of fused-ring (bicyclic) bond motifs is 12. The normalized spacial score (nSPS) is 15.0. The lowest BCUT2D eigenvalue weighted by Crippen LogP contribution is -2.28. The zero-order valence-electron chi connectivity index (χ0n) is 40.2. The molecular weight excluding hydrogens is 899 g/mol. The van der Waals surface area contributed by atoms with Crippen LogP contribution in [0.1, 0.15) is 17.0 Å². The second-order valence-corrected chi connectivity index (χ2v) is 19.5. The van der Waals surface area contributed by atoms with E-state index in [4.69, 9.17) is 15.0 Å². The summed E-state index contributed by atoms with van der Waals surface area (Å²) < 4.78 is 2.22. The van der Waals surface area contributed by atoms with Crippen LogP contribution in [-0.2, 0) is 0 Å². The highest BCUT2D eigenvalue weighted by Crippen LogP contribution is 2.51. The molecule has 0 N–H and O–H groups in total. The Labute approximate surface area is 428 Å². The van der Waals surface area contributed by atoms with Crippen molar-refractivity contribution in [3.05, 3.63) is 272 Å². The average molecular weight is 944 g/mol. The molecule has 2 atom stereocenters. The number of hydrogen-bond donors (Lipinski definition) is 0. The van der Waals surface area contributed by atoms with Crippen molar-refractivity contribution in [2.75, 3.05) is 4.90 Å². The van der Waals surface area contributed by atoms with Gasteiger partial charge in [-0.3, -0.25) is 4.57 Å². The highest BCUT2D eigenvalue weighted by Gasteiger charge is 2.39. The lowest BCUT2D eigenvalue weighted by atomic mass is 9.85. The van der Waals surface area contributed by atoms with Gasteiger partial charge < -0.3 is 4.90 Å². The number of aromatic nitrogens is 4. The summed E-state index contributed by atoms with van der Waals surface area (Å²) in [6, 6.07) is 87.5.